The molecular weight excluding hydrogens is 243 g/mol. The van der Waals surface area contributed by atoms with Gasteiger partial charge in [-0.15, -0.1) is 0 Å². The molecule has 0 unspecified atom stereocenters. The first-order chi connectivity index (χ1) is 8.41. The zero-order valence-corrected chi connectivity index (χ0v) is 9.49. The van der Waals surface area contributed by atoms with Crippen LogP contribution in [0.3, 0.4) is 0 Å². The van der Waals surface area contributed by atoms with Crippen LogP contribution in [0.4, 0.5) is 19.0 Å². The molecule has 94 valence electrons. The summed E-state index contributed by atoms with van der Waals surface area (Å²) >= 11 is 0. The van der Waals surface area contributed by atoms with Gasteiger partial charge in [-0.3, -0.25) is 4.98 Å². The average Bonchev–Trinajstić information content (AvgIpc) is 2.28. The summed E-state index contributed by atoms with van der Waals surface area (Å²) in [6.45, 7) is 1.68. The van der Waals surface area contributed by atoms with Crippen LogP contribution < -0.4 is 5.73 Å². The Balaban J connectivity index is 2.73. The molecule has 0 aliphatic rings. The monoisotopic (exact) mass is 253 g/mol. The fourth-order valence-corrected chi connectivity index (χ4v) is 1.77. The summed E-state index contributed by atoms with van der Waals surface area (Å²) in [5.74, 6) is 0.0634. The number of nitrogen functional groups attached to an aromatic ring is 1. The van der Waals surface area contributed by atoms with Crippen molar-refractivity contribution in [2.24, 2.45) is 0 Å². The minimum Gasteiger partial charge on any atom is -0.383 e. The van der Waals surface area contributed by atoms with Gasteiger partial charge in [0.2, 0.25) is 0 Å². The minimum absolute atomic E-state index is 0.0481. The highest BCUT2D eigenvalue weighted by Crippen LogP contribution is 2.38. The molecular formula is C12H10F3N3. The van der Waals surface area contributed by atoms with Gasteiger partial charge in [-0.25, -0.2) is 4.98 Å². The molecule has 0 bridgehead atoms. The molecule has 3 nitrogen and oxygen atoms in total. The minimum atomic E-state index is -4.45. The lowest BCUT2D eigenvalue weighted by atomic mass is 9.98. The van der Waals surface area contributed by atoms with Gasteiger partial charge in [-0.2, -0.15) is 13.2 Å². The first-order valence-corrected chi connectivity index (χ1v) is 5.14. The van der Waals surface area contributed by atoms with Crippen molar-refractivity contribution in [3.63, 3.8) is 0 Å². The molecule has 18 heavy (non-hydrogen) atoms. The van der Waals surface area contributed by atoms with Gasteiger partial charge >= 0.3 is 6.18 Å². The Morgan fingerprint density at radius 3 is 2.50 bits per heavy atom. The molecule has 0 atom stereocenters. The largest absolute Gasteiger partial charge is 0.417 e. The number of aromatic nitrogens is 2. The second-order valence-electron chi connectivity index (χ2n) is 3.81. The molecule has 2 rings (SSSR count). The fourth-order valence-electron chi connectivity index (χ4n) is 1.77. The Morgan fingerprint density at radius 2 is 1.89 bits per heavy atom. The van der Waals surface area contributed by atoms with E-state index in [0.29, 0.717) is 5.56 Å². The molecule has 0 spiro atoms. The topological polar surface area (TPSA) is 51.8 Å². The number of aryl methyl sites for hydroxylation is 1. The van der Waals surface area contributed by atoms with Gasteiger partial charge in [0.1, 0.15) is 5.82 Å². The summed E-state index contributed by atoms with van der Waals surface area (Å²) in [4.78, 5) is 7.56. The lowest BCUT2D eigenvalue weighted by molar-refractivity contribution is -0.137. The molecule has 0 fully saturated rings. The number of pyridine rings is 2. The Kier molecular flexibility index (Phi) is 2.94. The summed E-state index contributed by atoms with van der Waals surface area (Å²) in [6.07, 6.45) is -0.734. The number of nitrogens with two attached hydrogens (primary N) is 1. The second-order valence-corrected chi connectivity index (χ2v) is 3.81. The van der Waals surface area contributed by atoms with Crippen molar-refractivity contribution in [3.8, 4) is 11.1 Å². The van der Waals surface area contributed by atoms with Crippen LogP contribution in [0.15, 0.2) is 30.7 Å². The number of nitrogens with zero attached hydrogens (tertiary/aromatic N) is 2. The van der Waals surface area contributed by atoms with E-state index >= 15 is 0 Å². The maximum absolute atomic E-state index is 12.9. The Bertz CT molecular complexity index is 559. The number of hydrogen-bond acceptors (Lipinski definition) is 3. The third kappa shape index (κ3) is 2.13. The molecule has 0 radical (unpaired) electrons. The third-order valence-corrected chi connectivity index (χ3v) is 2.58. The van der Waals surface area contributed by atoms with E-state index in [4.69, 9.17) is 5.73 Å². The normalized spacial score (nSPS) is 11.6. The van der Waals surface area contributed by atoms with Gasteiger partial charge in [0.05, 0.1) is 5.56 Å². The number of hydrogen-bond donors (Lipinski definition) is 1. The van der Waals surface area contributed by atoms with Crippen molar-refractivity contribution in [1.29, 1.82) is 0 Å². The Hall–Kier alpha value is -2.11. The van der Waals surface area contributed by atoms with E-state index in [1.54, 1.807) is 13.0 Å². The van der Waals surface area contributed by atoms with E-state index in [9.17, 15) is 13.2 Å². The highest BCUT2D eigenvalue weighted by Gasteiger charge is 2.34. The summed E-state index contributed by atoms with van der Waals surface area (Å²) < 4.78 is 38.7. The van der Waals surface area contributed by atoms with Crippen LogP contribution in [0, 0.1) is 6.92 Å². The summed E-state index contributed by atoms with van der Waals surface area (Å²) in [5.41, 5.74) is 5.75. The Morgan fingerprint density at radius 1 is 1.17 bits per heavy atom. The summed E-state index contributed by atoms with van der Waals surface area (Å²) in [7, 11) is 0. The van der Waals surface area contributed by atoms with Gasteiger partial charge < -0.3 is 5.73 Å². The van der Waals surface area contributed by atoms with E-state index in [1.165, 1.54) is 6.20 Å². The molecule has 0 saturated carbocycles. The molecule has 2 aromatic heterocycles. The van der Waals surface area contributed by atoms with E-state index in [-0.39, 0.29) is 16.9 Å². The van der Waals surface area contributed by atoms with Gasteiger partial charge in [-0.1, -0.05) is 0 Å². The number of anilines is 1. The number of alkyl halides is 3. The first-order valence-electron chi connectivity index (χ1n) is 5.14. The van der Waals surface area contributed by atoms with Crippen molar-refractivity contribution in [1.82, 2.24) is 9.97 Å². The van der Waals surface area contributed by atoms with Gasteiger partial charge in [0.15, 0.2) is 0 Å². The maximum atomic E-state index is 12.9. The van der Waals surface area contributed by atoms with Crippen LogP contribution in [-0.2, 0) is 6.18 Å². The van der Waals surface area contributed by atoms with Crippen LogP contribution in [-0.4, -0.2) is 9.97 Å². The van der Waals surface area contributed by atoms with Crippen LogP contribution >= 0.6 is 0 Å². The zero-order valence-electron chi connectivity index (χ0n) is 9.49. The van der Waals surface area contributed by atoms with Crippen LogP contribution in [0.5, 0.6) is 0 Å². The summed E-state index contributed by atoms with van der Waals surface area (Å²) in [5, 5.41) is 0. The molecule has 2 heterocycles. The van der Waals surface area contributed by atoms with Crippen molar-refractivity contribution in [2.45, 2.75) is 13.1 Å². The average molecular weight is 253 g/mol. The van der Waals surface area contributed by atoms with Crippen molar-refractivity contribution >= 4 is 5.82 Å². The Labute approximate surface area is 101 Å². The predicted molar refractivity (Wildman–Crippen MR) is 61.6 cm³/mol. The number of rotatable bonds is 1. The highest BCUT2D eigenvalue weighted by atomic mass is 19.4. The molecule has 0 saturated heterocycles. The van der Waals surface area contributed by atoms with Crippen LogP contribution in [0.25, 0.3) is 11.1 Å². The third-order valence-electron chi connectivity index (χ3n) is 2.58. The van der Waals surface area contributed by atoms with Crippen LogP contribution in [0.1, 0.15) is 11.1 Å². The van der Waals surface area contributed by atoms with E-state index in [0.717, 1.165) is 18.5 Å². The van der Waals surface area contributed by atoms with Crippen molar-refractivity contribution in [2.75, 3.05) is 5.73 Å². The van der Waals surface area contributed by atoms with Crippen LogP contribution in [0.2, 0.25) is 0 Å². The maximum Gasteiger partial charge on any atom is 0.417 e. The zero-order chi connectivity index (χ0) is 13.3. The molecule has 0 amide bonds. The summed E-state index contributed by atoms with van der Waals surface area (Å²) in [6, 6.07) is 2.54. The lowest BCUT2D eigenvalue weighted by Gasteiger charge is -2.14. The fraction of sp³-hybridized carbons (Fsp3) is 0.167. The molecule has 6 heteroatoms. The molecule has 2 aromatic rings. The first kappa shape index (κ1) is 12.3. The highest BCUT2D eigenvalue weighted by molar-refractivity contribution is 5.78. The van der Waals surface area contributed by atoms with Gasteiger partial charge in [0.25, 0.3) is 0 Å². The van der Waals surface area contributed by atoms with Gasteiger partial charge in [-0.05, 0) is 24.6 Å². The predicted octanol–water partition coefficient (Wildman–Crippen LogP) is 3.05. The SMILES string of the molecule is Cc1ccnc(N)c1-c1cnccc1C(F)(F)F. The second kappa shape index (κ2) is 4.29. The van der Waals surface area contributed by atoms with E-state index < -0.39 is 11.7 Å². The molecule has 0 aromatic carbocycles. The molecule has 0 aliphatic heterocycles. The smallest absolute Gasteiger partial charge is 0.383 e. The number of halogens is 3. The van der Waals surface area contributed by atoms with Gasteiger partial charge in [0, 0.05) is 29.7 Å². The van der Waals surface area contributed by atoms with Crippen molar-refractivity contribution in [3.05, 3.63) is 41.9 Å². The van der Waals surface area contributed by atoms with Crippen molar-refractivity contribution < 1.29 is 13.2 Å². The van der Waals surface area contributed by atoms with E-state index in [2.05, 4.69) is 9.97 Å². The molecule has 2 N–H and O–H groups in total. The quantitative estimate of drug-likeness (QED) is 0.849. The lowest BCUT2D eigenvalue weighted by Crippen LogP contribution is -2.09. The molecule has 0 aliphatic carbocycles. The van der Waals surface area contributed by atoms with E-state index in [1.807, 2.05) is 0 Å². The standard InChI is InChI=1S/C12H10F3N3/c1-7-2-5-18-11(16)10(7)8-6-17-4-3-9(8)12(13,14)15/h2-6H,1H3,(H2,16,18).